The van der Waals surface area contributed by atoms with Crippen molar-refractivity contribution in [1.29, 1.82) is 0 Å². The largest absolute Gasteiger partial charge is 0.392 e. The first kappa shape index (κ1) is 11.3. The fourth-order valence-electron chi connectivity index (χ4n) is 2.87. The summed E-state index contributed by atoms with van der Waals surface area (Å²) >= 11 is 0. The minimum absolute atomic E-state index is 0.133. The van der Waals surface area contributed by atoms with Gasteiger partial charge in [0.1, 0.15) is 0 Å². The summed E-state index contributed by atoms with van der Waals surface area (Å²) in [6.45, 7) is 1.89. The van der Waals surface area contributed by atoms with Crippen LogP contribution in [0.4, 0.5) is 0 Å². The molecule has 2 aliphatic rings. The molecule has 0 aromatic heterocycles. The highest BCUT2D eigenvalue weighted by atomic mass is 16.3. The Morgan fingerprint density at radius 1 is 1.33 bits per heavy atom. The van der Waals surface area contributed by atoms with Crippen molar-refractivity contribution >= 4 is 0 Å². The van der Waals surface area contributed by atoms with Crippen LogP contribution in [-0.2, 0) is 0 Å². The summed E-state index contributed by atoms with van der Waals surface area (Å²) in [5.41, 5.74) is 5.82. The van der Waals surface area contributed by atoms with E-state index in [4.69, 9.17) is 5.73 Å². The molecular formula is C11H23N3O. The first-order valence-electron chi connectivity index (χ1n) is 5.90. The van der Waals surface area contributed by atoms with Crippen LogP contribution < -0.4 is 5.73 Å². The third-order valence-corrected chi connectivity index (χ3v) is 3.63. The quantitative estimate of drug-likeness (QED) is 0.662. The van der Waals surface area contributed by atoms with Crippen molar-refractivity contribution < 1.29 is 5.11 Å². The van der Waals surface area contributed by atoms with Crippen LogP contribution in [-0.4, -0.2) is 66.3 Å². The molecule has 1 saturated heterocycles. The van der Waals surface area contributed by atoms with Crippen LogP contribution in [0.25, 0.3) is 0 Å². The van der Waals surface area contributed by atoms with E-state index >= 15 is 0 Å². The van der Waals surface area contributed by atoms with Crippen molar-refractivity contribution in [2.75, 3.05) is 27.2 Å². The number of β-amino-alcohol motifs (C(OH)–C–C–N with tert-alkyl or cyclic N) is 1. The van der Waals surface area contributed by atoms with Crippen LogP contribution in [0.5, 0.6) is 0 Å². The predicted molar refractivity (Wildman–Crippen MR) is 60.7 cm³/mol. The molecule has 1 aliphatic heterocycles. The van der Waals surface area contributed by atoms with Gasteiger partial charge in [0.2, 0.25) is 0 Å². The van der Waals surface area contributed by atoms with Gasteiger partial charge in [0, 0.05) is 31.2 Å². The number of likely N-dealkylation sites (N-methyl/N-ethyl adjacent to an activating group) is 1. The lowest BCUT2D eigenvalue weighted by molar-refractivity contribution is 0.0773. The Hall–Kier alpha value is -0.160. The van der Waals surface area contributed by atoms with Crippen LogP contribution in [0, 0.1) is 0 Å². The molecule has 0 aromatic rings. The van der Waals surface area contributed by atoms with E-state index < -0.39 is 0 Å². The SMILES string of the molecule is CN(C)CC1CC(O)CN1C1CC(N)C1. The molecule has 2 rings (SSSR count). The first-order chi connectivity index (χ1) is 7.06. The van der Waals surface area contributed by atoms with Crippen molar-refractivity contribution in [3.05, 3.63) is 0 Å². The van der Waals surface area contributed by atoms with Crippen LogP contribution in [0.2, 0.25) is 0 Å². The average molecular weight is 213 g/mol. The van der Waals surface area contributed by atoms with Gasteiger partial charge in [-0.2, -0.15) is 0 Å². The molecule has 4 heteroatoms. The smallest absolute Gasteiger partial charge is 0.0682 e. The summed E-state index contributed by atoms with van der Waals surface area (Å²) in [6.07, 6.45) is 3.00. The van der Waals surface area contributed by atoms with Gasteiger partial charge in [0.25, 0.3) is 0 Å². The number of hydrogen-bond donors (Lipinski definition) is 2. The normalized spacial score (nSPS) is 42.2. The van der Waals surface area contributed by atoms with Crippen LogP contribution in [0.3, 0.4) is 0 Å². The fraction of sp³-hybridized carbons (Fsp3) is 1.00. The molecule has 0 radical (unpaired) electrons. The van der Waals surface area contributed by atoms with Gasteiger partial charge in [0.05, 0.1) is 6.10 Å². The zero-order valence-electron chi connectivity index (χ0n) is 9.76. The van der Waals surface area contributed by atoms with Gasteiger partial charge in [-0.1, -0.05) is 0 Å². The Kier molecular flexibility index (Phi) is 3.30. The van der Waals surface area contributed by atoms with Gasteiger partial charge in [0.15, 0.2) is 0 Å². The van der Waals surface area contributed by atoms with Crippen molar-refractivity contribution in [3.8, 4) is 0 Å². The summed E-state index contributed by atoms with van der Waals surface area (Å²) in [6, 6.07) is 1.54. The second kappa shape index (κ2) is 4.37. The van der Waals surface area contributed by atoms with Gasteiger partial charge >= 0.3 is 0 Å². The lowest BCUT2D eigenvalue weighted by Gasteiger charge is -2.42. The number of hydrogen-bond acceptors (Lipinski definition) is 4. The van der Waals surface area contributed by atoms with Gasteiger partial charge in [-0.3, -0.25) is 4.90 Å². The van der Waals surface area contributed by atoms with E-state index in [2.05, 4.69) is 23.9 Å². The molecule has 0 spiro atoms. The Balaban J connectivity index is 1.90. The number of aliphatic hydroxyl groups is 1. The van der Waals surface area contributed by atoms with Crippen molar-refractivity contribution in [2.45, 2.75) is 43.5 Å². The van der Waals surface area contributed by atoms with Crippen LogP contribution >= 0.6 is 0 Å². The summed E-state index contributed by atoms with van der Waals surface area (Å²) in [4.78, 5) is 4.67. The van der Waals surface area contributed by atoms with E-state index in [9.17, 15) is 5.11 Å². The predicted octanol–water partition coefficient (Wildman–Crippen LogP) is -0.527. The Morgan fingerprint density at radius 3 is 2.53 bits per heavy atom. The maximum Gasteiger partial charge on any atom is 0.0682 e. The van der Waals surface area contributed by atoms with Gasteiger partial charge in [-0.25, -0.2) is 0 Å². The molecule has 2 atom stereocenters. The maximum absolute atomic E-state index is 9.73. The summed E-state index contributed by atoms with van der Waals surface area (Å²) < 4.78 is 0. The lowest BCUT2D eigenvalue weighted by atomic mass is 9.86. The van der Waals surface area contributed by atoms with Crippen molar-refractivity contribution in [3.63, 3.8) is 0 Å². The minimum atomic E-state index is -0.133. The number of aliphatic hydroxyl groups excluding tert-OH is 1. The van der Waals surface area contributed by atoms with Crippen LogP contribution in [0.15, 0.2) is 0 Å². The first-order valence-corrected chi connectivity index (χ1v) is 5.90. The lowest BCUT2D eigenvalue weighted by Crippen LogP contribution is -2.54. The molecule has 1 heterocycles. The Morgan fingerprint density at radius 2 is 2.00 bits per heavy atom. The van der Waals surface area contributed by atoms with E-state index in [0.29, 0.717) is 18.1 Å². The molecule has 88 valence electrons. The second-order valence-electron chi connectivity index (χ2n) is 5.39. The highest BCUT2D eigenvalue weighted by Gasteiger charge is 2.40. The topological polar surface area (TPSA) is 52.7 Å². The maximum atomic E-state index is 9.73. The zero-order valence-corrected chi connectivity index (χ0v) is 9.76. The summed E-state index contributed by atoms with van der Waals surface area (Å²) in [5, 5.41) is 9.73. The molecular weight excluding hydrogens is 190 g/mol. The summed E-state index contributed by atoms with van der Waals surface area (Å²) in [7, 11) is 4.19. The third kappa shape index (κ3) is 2.50. The third-order valence-electron chi connectivity index (χ3n) is 3.63. The van der Waals surface area contributed by atoms with Gasteiger partial charge in [-0.05, 0) is 33.4 Å². The molecule has 2 unspecified atom stereocenters. The molecule has 0 amide bonds. The molecule has 1 saturated carbocycles. The minimum Gasteiger partial charge on any atom is -0.392 e. The zero-order chi connectivity index (χ0) is 11.0. The van der Waals surface area contributed by atoms with E-state index in [-0.39, 0.29) is 6.10 Å². The van der Waals surface area contributed by atoms with E-state index in [1.807, 2.05) is 0 Å². The number of rotatable bonds is 3. The molecule has 15 heavy (non-hydrogen) atoms. The Bertz CT molecular complexity index is 216. The number of nitrogens with zero attached hydrogens (tertiary/aromatic N) is 2. The standard InChI is InChI=1S/C11H23N3O/c1-13(2)6-10-5-11(15)7-14(10)9-3-8(12)4-9/h8-11,15H,3-7,12H2,1-2H3. The summed E-state index contributed by atoms with van der Waals surface area (Å²) in [5.74, 6) is 0. The molecule has 4 nitrogen and oxygen atoms in total. The highest BCUT2D eigenvalue weighted by molar-refractivity contribution is 4.97. The molecule has 0 aromatic carbocycles. The van der Waals surface area contributed by atoms with E-state index in [0.717, 1.165) is 32.4 Å². The fourth-order valence-corrected chi connectivity index (χ4v) is 2.87. The Labute approximate surface area is 92.0 Å². The molecule has 1 aliphatic carbocycles. The van der Waals surface area contributed by atoms with Crippen molar-refractivity contribution in [2.24, 2.45) is 5.73 Å². The van der Waals surface area contributed by atoms with Crippen LogP contribution in [0.1, 0.15) is 19.3 Å². The second-order valence-corrected chi connectivity index (χ2v) is 5.39. The van der Waals surface area contributed by atoms with E-state index in [1.54, 1.807) is 0 Å². The average Bonchev–Trinajstić information content (AvgIpc) is 2.40. The molecule has 0 bridgehead atoms. The monoisotopic (exact) mass is 213 g/mol. The molecule has 2 fully saturated rings. The number of nitrogens with two attached hydrogens (primary N) is 1. The number of likely N-dealkylation sites (tertiary alicyclic amines) is 1. The van der Waals surface area contributed by atoms with Crippen molar-refractivity contribution in [1.82, 2.24) is 9.80 Å². The van der Waals surface area contributed by atoms with Gasteiger partial charge in [-0.15, -0.1) is 0 Å². The van der Waals surface area contributed by atoms with Gasteiger partial charge < -0.3 is 15.7 Å². The highest BCUT2D eigenvalue weighted by Crippen LogP contribution is 2.31. The molecule has 3 N–H and O–H groups in total. The van der Waals surface area contributed by atoms with E-state index in [1.165, 1.54) is 0 Å².